The van der Waals surface area contributed by atoms with E-state index in [-0.39, 0.29) is 11.6 Å². The van der Waals surface area contributed by atoms with Gasteiger partial charge in [0, 0.05) is 11.1 Å². The lowest BCUT2D eigenvalue weighted by molar-refractivity contribution is 0.508. The van der Waals surface area contributed by atoms with Crippen LogP contribution in [-0.2, 0) is 0 Å². The van der Waals surface area contributed by atoms with Crippen LogP contribution in [0, 0.1) is 23.3 Å². The summed E-state index contributed by atoms with van der Waals surface area (Å²) in [7, 11) is 0. The number of hydrogen-bond acceptors (Lipinski definition) is 3. The van der Waals surface area contributed by atoms with E-state index < -0.39 is 11.6 Å². The lowest BCUT2D eigenvalue weighted by Crippen LogP contribution is -2.07. The number of benzene rings is 1. The van der Waals surface area contributed by atoms with Crippen molar-refractivity contribution in [3.8, 4) is 0 Å². The second kappa shape index (κ2) is 4.75. The summed E-state index contributed by atoms with van der Waals surface area (Å²) in [4.78, 5) is 8.25. The third-order valence-corrected chi connectivity index (χ3v) is 4.54. The molecule has 7 heteroatoms. The van der Waals surface area contributed by atoms with Gasteiger partial charge in [0.05, 0.1) is 11.6 Å². The van der Waals surface area contributed by atoms with E-state index in [2.05, 4.69) is 9.97 Å². The number of halogens is 2. The number of aromatic nitrogens is 3. The number of rotatable bonds is 2. The number of imidazole rings is 1. The average molecular weight is 311 g/mol. The van der Waals surface area contributed by atoms with Gasteiger partial charge in [-0.15, -0.1) is 11.3 Å². The Balaban J connectivity index is 2.28. The van der Waals surface area contributed by atoms with Crippen LogP contribution < -0.4 is 0 Å². The van der Waals surface area contributed by atoms with Crippen LogP contribution in [0.25, 0.3) is 11.0 Å². The highest BCUT2D eigenvalue weighted by molar-refractivity contribution is 7.71. The van der Waals surface area contributed by atoms with Crippen LogP contribution in [0.1, 0.15) is 22.9 Å². The predicted molar refractivity (Wildman–Crippen MR) is 77.7 cm³/mol. The number of nitrogens with one attached hydrogen (secondary N) is 1. The van der Waals surface area contributed by atoms with E-state index >= 15 is 0 Å². The molecule has 1 unspecified atom stereocenters. The largest absolute Gasteiger partial charge is 0.330 e. The molecule has 0 saturated heterocycles. The molecule has 20 heavy (non-hydrogen) atoms. The maximum Gasteiger partial charge on any atom is 0.184 e. The first-order valence-corrected chi connectivity index (χ1v) is 7.22. The van der Waals surface area contributed by atoms with Crippen LogP contribution in [-0.4, -0.2) is 14.5 Å². The molecule has 0 radical (unpaired) electrons. The van der Waals surface area contributed by atoms with Gasteiger partial charge in [-0.2, -0.15) is 0 Å². The van der Waals surface area contributed by atoms with Gasteiger partial charge in [-0.1, -0.05) is 0 Å². The number of hydrogen-bond donors (Lipinski definition) is 1. The molecule has 2 aromatic heterocycles. The zero-order chi connectivity index (χ0) is 14.4. The molecule has 104 valence electrons. The van der Waals surface area contributed by atoms with Crippen LogP contribution in [0.15, 0.2) is 18.3 Å². The Kier molecular flexibility index (Phi) is 3.18. The third kappa shape index (κ3) is 1.97. The van der Waals surface area contributed by atoms with Crippen molar-refractivity contribution in [2.24, 2.45) is 0 Å². The lowest BCUT2D eigenvalue weighted by atomic mass is 10.2. The summed E-state index contributed by atoms with van der Waals surface area (Å²) < 4.78 is 29.5. The zero-order valence-corrected chi connectivity index (χ0v) is 12.4. The maximum atomic E-state index is 14.1. The highest BCUT2D eigenvalue weighted by atomic mass is 32.1. The minimum absolute atomic E-state index is 0.148. The number of aromatic amines is 1. The normalized spacial score (nSPS) is 13.0. The van der Waals surface area contributed by atoms with Crippen LogP contribution in [0.3, 0.4) is 0 Å². The van der Waals surface area contributed by atoms with Gasteiger partial charge in [0.25, 0.3) is 0 Å². The van der Waals surface area contributed by atoms with Gasteiger partial charge < -0.3 is 9.55 Å². The predicted octanol–water partition coefficient (Wildman–Crippen LogP) is 4.35. The quantitative estimate of drug-likeness (QED) is 0.714. The highest BCUT2D eigenvalue weighted by Gasteiger charge is 2.20. The van der Waals surface area contributed by atoms with Gasteiger partial charge in [0.1, 0.15) is 10.5 Å². The van der Waals surface area contributed by atoms with Crippen LogP contribution in [0.5, 0.6) is 0 Å². The minimum Gasteiger partial charge on any atom is -0.330 e. The molecule has 3 aromatic rings. The number of nitrogens with zero attached hydrogens (tertiary/aromatic N) is 2. The Bertz CT molecular complexity index is 847. The van der Waals surface area contributed by atoms with Crippen molar-refractivity contribution in [1.29, 1.82) is 0 Å². The fraction of sp³-hybridized carbons (Fsp3) is 0.231. The van der Waals surface area contributed by atoms with E-state index in [1.165, 1.54) is 17.4 Å². The standard InChI is InChI=1S/C13H11F2N3S2/c1-6-5-16-12(20-6)7(2)18-11-9(17-13(18)19)4-3-8(14)10(11)15/h3-5,7H,1-2H3,(H,17,19). The topological polar surface area (TPSA) is 33.6 Å². The Hall–Kier alpha value is -1.60. The molecule has 3 nitrogen and oxygen atoms in total. The number of fused-ring (bicyclic) bond motifs is 1. The van der Waals surface area contributed by atoms with Crippen molar-refractivity contribution < 1.29 is 8.78 Å². The van der Waals surface area contributed by atoms with Crippen LogP contribution in [0.4, 0.5) is 8.78 Å². The second-order valence-corrected chi connectivity index (χ2v) is 6.20. The molecule has 0 aliphatic rings. The molecule has 0 bridgehead atoms. The summed E-state index contributed by atoms with van der Waals surface area (Å²) >= 11 is 6.75. The highest BCUT2D eigenvalue weighted by Crippen LogP contribution is 2.29. The first kappa shape index (κ1) is 13.4. The number of H-pyrrole nitrogens is 1. The zero-order valence-electron chi connectivity index (χ0n) is 10.8. The lowest BCUT2D eigenvalue weighted by Gasteiger charge is -2.12. The monoisotopic (exact) mass is 311 g/mol. The molecule has 0 amide bonds. The van der Waals surface area contributed by atoms with Gasteiger partial charge in [0.15, 0.2) is 16.4 Å². The molecule has 1 atom stereocenters. The first-order chi connectivity index (χ1) is 9.49. The smallest absolute Gasteiger partial charge is 0.184 e. The average Bonchev–Trinajstić information content (AvgIpc) is 2.97. The third-order valence-electron chi connectivity index (χ3n) is 3.15. The van der Waals surface area contributed by atoms with Crippen molar-refractivity contribution in [3.63, 3.8) is 0 Å². The van der Waals surface area contributed by atoms with E-state index in [0.29, 0.717) is 10.3 Å². The molecule has 1 N–H and O–H groups in total. The molecular formula is C13H11F2N3S2. The van der Waals surface area contributed by atoms with Crippen molar-refractivity contribution in [2.75, 3.05) is 0 Å². The van der Waals surface area contributed by atoms with E-state index in [4.69, 9.17) is 12.2 Å². The summed E-state index contributed by atoms with van der Waals surface area (Å²) in [6.07, 6.45) is 1.76. The van der Waals surface area contributed by atoms with Gasteiger partial charge in [-0.25, -0.2) is 13.8 Å². The van der Waals surface area contributed by atoms with Gasteiger partial charge in [-0.05, 0) is 38.2 Å². The van der Waals surface area contributed by atoms with Crippen molar-refractivity contribution in [3.05, 3.63) is 44.6 Å². The van der Waals surface area contributed by atoms with Crippen molar-refractivity contribution >= 4 is 34.6 Å². The summed E-state index contributed by atoms with van der Waals surface area (Å²) in [5.41, 5.74) is 0.629. The minimum atomic E-state index is -0.894. The molecule has 2 heterocycles. The number of thiazole rings is 1. The summed E-state index contributed by atoms with van der Waals surface area (Å²) in [6, 6.07) is 2.32. The SMILES string of the molecule is Cc1cnc(C(C)n2c(=S)[nH]c3ccc(F)c(F)c32)s1. The van der Waals surface area contributed by atoms with Crippen LogP contribution >= 0.6 is 23.6 Å². The molecule has 3 rings (SSSR count). The van der Waals surface area contributed by atoms with Gasteiger partial charge in [-0.3, -0.25) is 0 Å². The van der Waals surface area contributed by atoms with Crippen molar-refractivity contribution in [2.45, 2.75) is 19.9 Å². The summed E-state index contributed by atoms with van der Waals surface area (Å²) in [5, 5.41) is 0.808. The first-order valence-electron chi connectivity index (χ1n) is 5.99. The summed E-state index contributed by atoms with van der Waals surface area (Å²) in [5.74, 6) is -1.78. The van der Waals surface area contributed by atoms with Gasteiger partial charge in [0.2, 0.25) is 0 Å². The Labute approximate surface area is 122 Å². The number of aryl methyl sites for hydroxylation is 1. The molecular weight excluding hydrogens is 300 g/mol. The molecule has 0 aliphatic heterocycles. The molecule has 1 aromatic carbocycles. The van der Waals surface area contributed by atoms with E-state index in [0.717, 1.165) is 16.0 Å². The van der Waals surface area contributed by atoms with Crippen LogP contribution in [0.2, 0.25) is 0 Å². The Morgan fingerprint density at radius 3 is 2.80 bits per heavy atom. The molecule has 0 aliphatic carbocycles. The molecule has 0 fully saturated rings. The maximum absolute atomic E-state index is 14.1. The van der Waals surface area contributed by atoms with E-state index in [9.17, 15) is 8.78 Å². The fourth-order valence-corrected chi connectivity index (χ4v) is 3.37. The molecule has 0 spiro atoms. The summed E-state index contributed by atoms with van der Waals surface area (Å²) in [6.45, 7) is 3.81. The van der Waals surface area contributed by atoms with Crippen molar-refractivity contribution in [1.82, 2.24) is 14.5 Å². The fourth-order valence-electron chi connectivity index (χ4n) is 2.20. The Morgan fingerprint density at radius 2 is 2.15 bits per heavy atom. The second-order valence-electron chi connectivity index (χ2n) is 4.54. The Morgan fingerprint density at radius 1 is 1.40 bits per heavy atom. The van der Waals surface area contributed by atoms with E-state index in [1.807, 2.05) is 13.8 Å². The molecule has 0 saturated carbocycles. The van der Waals surface area contributed by atoms with E-state index in [1.54, 1.807) is 10.8 Å². The van der Waals surface area contributed by atoms with Gasteiger partial charge >= 0.3 is 0 Å².